The Morgan fingerprint density at radius 2 is 1.68 bits per heavy atom. The van der Waals surface area contributed by atoms with Crippen LogP contribution in [0.5, 0.6) is 0 Å². The van der Waals surface area contributed by atoms with E-state index >= 15 is 0 Å². The van der Waals surface area contributed by atoms with Crippen LogP contribution in [0.3, 0.4) is 0 Å². The van der Waals surface area contributed by atoms with E-state index in [0.717, 1.165) is 19.3 Å². The van der Waals surface area contributed by atoms with Gasteiger partial charge in [-0.05, 0) is 49.4 Å². The molecule has 3 aliphatic rings. The standard InChI is InChI=1S/C16H28O3/c1-14(2)7-5-8-15(3)10(14)6-9-16(4)12(15)11(17)13(18)19-16/h10-13,17-18H,5-9H2,1-4H3/t10-,11-,12-,13?,15-,16+/m0/s1. The maximum Gasteiger partial charge on any atom is 0.181 e. The number of rotatable bonds is 0. The van der Waals surface area contributed by atoms with Gasteiger partial charge in [0.1, 0.15) is 6.10 Å². The van der Waals surface area contributed by atoms with E-state index in [1.54, 1.807) is 0 Å². The lowest BCUT2D eigenvalue weighted by atomic mass is 9.45. The van der Waals surface area contributed by atoms with Crippen molar-refractivity contribution in [3.05, 3.63) is 0 Å². The first-order chi connectivity index (χ1) is 8.71. The van der Waals surface area contributed by atoms with Crippen molar-refractivity contribution < 1.29 is 14.9 Å². The van der Waals surface area contributed by atoms with Crippen LogP contribution in [0.25, 0.3) is 0 Å². The summed E-state index contributed by atoms with van der Waals surface area (Å²) in [5, 5.41) is 20.4. The Hall–Kier alpha value is -0.120. The lowest BCUT2D eigenvalue weighted by Gasteiger charge is -2.60. The van der Waals surface area contributed by atoms with Gasteiger partial charge in [-0.1, -0.05) is 27.2 Å². The third kappa shape index (κ3) is 1.74. The molecule has 3 nitrogen and oxygen atoms in total. The Balaban J connectivity index is 2.02. The van der Waals surface area contributed by atoms with Crippen molar-refractivity contribution in [1.82, 2.24) is 0 Å². The molecular weight excluding hydrogens is 240 g/mol. The average molecular weight is 268 g/mol. The molecule has 1 heterocycles. The van der Waals surface area contributed by atoms with Crippen LogP contribution in [-0.4, -0.2) is 28.2 Å². The zero-order valence-electron chi connectivity index (χ0n) is 12.6. The zero-order valence-corrected chi connectivity index (χ0v) is 12.6. The highest BCUT2D eigenvalue weighted by atomic mass is 16.6. The van der Waals surface area contributed by atoms with Gasteiger partial charge in [-0.15, -0.1) is 0 Å². The maximum absolute atomic E-state index is 10.5. The predicted molar refractivity (Wildman–Crippen MR) is 73.5 cm³/mol. The van der Waals surface area contributed by atoms with Crippen molar-refractivity contribution in [3.8, 4) is 0 Å². The Kier molecular flexibility index (Phi) is 2.88. The smallest absolute Gasteiger partial charge is 0.181 e. The van der Waals surface area contributed by atoms with E-state index in [4.69, 9.17) is 4.74 Å². The fraction of sp³-hybridized carbons (Fsp3) is 1.00. The largest absolute Gasteiger partial charge is 0.387 e. The Morgan fingerprint density at radius 1 is 1.00 bits per heavy atom. The fourth-order valence-electron chi connectivity index (χ4n) is 5.94. The summed E-state index contributed by atoms with van der Waals surface area (Å²) in [6, 6.07) is 0. The van der Waals surface area contributed by atoms with Crippen LogP contribution in [-0.2, 0) is 4.74 Å². The minimum atomic E-state index is -1.00. The summed E-state index contributed by atoms with van der Waals surface area (Å²) in [4.78, 5) is 0. The third-order valence-corrected chi connectivity index (χ3v) is 6.60. The molecule has 2 saturated carbocycles. The molecule has 0 bridgehead atoms. The molecule has 2 N–H and O–H groups in total. The van der Waals surface area contributed by atoms with Crippen LogP contribution in [0, 0.1) is 22.7 Å². The molecule has 0 aromatic carbocycles. The van der Waals surface area contributed by atoms with Crippen LogP contribution >= 0.6 is 0 Å². The van der Waals surface area contributed by atoms with E-state index in [1.807, 2.05) is 0 Å². The van der Waals surface area contributed by atoms with Crippen LogP contribution in [0.1, 0.15) is 59.8 Å². The van der Waals surface area contributed by atoms with E-state index in [2.05, 4.69) is 27.7 Å². The van der Waals surface area contributed by atoms with Crippen molar-refractivity contribution in [2.75, 3.05) is 0 Å². The molecule has 1 unspecified atom stereocenters. The molecule has 3 rings (SSSR count). The molecule has 0 amide bonds. The molecule has 0 spiro atoms. The van der Waals surface area contributed by atoms with Gasteiger partial charge < -0.3 is 14.9 Å². The molecule has 0 radical (unpaired) electrons. The number of hydrogen-bond acceptors (Lipinski definition) is 3. The molecular formula is C16H28O3. The molecule has 2 aliphatic carbocycles. The summed E-state index contributed by atoms with van der Waals surface area (Å²) in [7, 11) is 0. The molecule has 110 valence electrons. The van der Waals surface area contributed by atoms with Crippen LogP contribution in [0.15, 0.2) is 0 Å². The summed E-state index contributed by atoms with van der Waals surface area (Å²) in [5.74, 6) is 0.684. The van der Waals surface area contributed by atoms with Crippen LogP contribution in [0.2, 0.25) is 0 Å². The first-order valence-electron chi connectivity index (χ1n) is 7.75. The topological polar surface area (TPSA) is 49.7 Å². The lowest BCUT2D eigenvalue weighted by Crippen LogP contribution is -2.58. The normalized spacial score (nSPS) is 56.5. The van der Waals surface area contributed by atoms with Crippen molar-refractivity contribution in [1.29, 1.82) is 0 Å². The summed E-state index contributed by atoms with van der Waals surface area (Å²) < 4.78 is 5.75. The molecule has 3 fully saturated rings. The maximum atomic E-state index is 10.5. The van der Waals surface area contributed by atoms with Crippen LogP contribution in [0.4, 0.5) is 0 Å². The van der Waals surface area contributed by atoms with E-state index in [-0.39, 0.29) is 16.9 Å². The van der Waals surface area contributed by atoms with E-state index in [9.17, 15) is 10.2 Å². The zero-order chi connectivity index (χ0) is 14.1. The Morgan fingerprint density at radius 3 is 2.37 bits per heavy atom. The molecule has 3 heteroatoms. The highest BCUT2D eigenvalue weighted by Gasteiger charge is 2.65. The summed E-state index contributed by atoms with van der Waals surface area (Å²) in [6.45, 7) is 9.15. The van der Waals surface area contributed by atoms with Gasteiger partial charge in [0.15, 0.2) is 6.29 Å². The van der Waals surface area contributed by atoms with Gasteiger partial charge in [-0.2, -0.15) is 0 Å². The second-order valence-corrected chi connectivity index (χ2v) is 8.23. The summed E-state index contributed by atoms with van der Waals surface area (Å²) >= 11 is 0. The van der Waals surface area contributed by atoms with Gasteiger partial charge in [0, 0.05) is 5.92 Å². The van der Waals surface area contributed by atoms with Gasteiger partial charge in [-0.25, -0.2) is 0 Å². The number of ether oxygens (including phenoxy) is 1. The Labute approximate surface area is 116 Å². The van der Waals surface area contributed by atoms with Crippen molar-refractivity contribution >= 4 is 0 Å². The SMILES string of the molecule is CC1(C)CCC[C@@]2(C)[C@H]1CC[C@@]1(C)OC(O)[C@@H](O)[C@@H]21. The second kappa shape index (κ2) is 3.96. The minimum absolute atomic E-state index is 0.0633. The number of fused-ring (bicyclic) bond motifs is 3. The van der Waals surface area contributed by atoms with Gasteiger partial charge in [-0.3, -0.25) is 0 Å². The molecule has 0 aromatic heterocycles. The van der Waals surface area contributed by atoms with Crippen molar-refractivity contribution in [3.63, 3.8) is 0 Å². The van der Waals surface area contributed by atoms with E-state index < -0.39 is 12.4 Å². The first kappa shape index (κ1) is 13.8. The first-order valence-corrected chi connectivity index (χ1v) is 7.75. The molecule has 19 heavy (non-hydrogen) atoms. The van der Waals surface area contributed by atoms with Crippen molar-refractivity contribution in [2.45, 2.75) is 77.8 Å². The monoisotopic (exact) mass is 268 g/mol. The average Bonchev–Trinajstić information content (AvgIpc) is 2.49. The summed E-state index contributed by atoms with van der Waals surface area (Å²) in [6.07, 6.45) is 4.01. The van der Waals surface area contributed by atoms with Gasteiger partial charge >= 0.3 is 0 Å². The van der Waals surface area contributed by atoms with E-state index in [0.29, 0.717) is 11.3 Å². The van der Waals surface area contributed by atoms with Crippen LogP contribution < -0.4 is 0 Å². The van der Waals surface area contributed by atoms with E-state index in [1.165, 1.54) is 12.8 Å². The Bertz CT molecular complexity index is 380. The summed E-state index contributed by atoms with van der Waals surface area (Å²) in [5.41, 5.74) is 0.0741. The molecule has 1 saturated heterocycles. The number of hydrogen-bond donors (Lipinski definition) is 2. The highest BCUT2D eigenvalue weighted by Crippen LogP contribution is 2.65. The highest BCUT2D eigenvalue weighted by molar-refractivity contribution is 5.12. The third-order valence-electron chi connectivity index (χ3n) is 6.60. The molecule has 0 aromatic rings. The lowest BCUT2D eigenvalue weighted by molar-refractivity contribution is -0.181. The van der Waals surface area contributed by atoms with Gasteiger partial charge in [0.2, 0.25) is 0 Å². The van der Waals surface area contributed by atoms with Gasteiger partial charge in [0.25, 0.3) is 0 Å². The quantitative estimate of drug-likeness (QED) is 0.710. The molecule has 6 atom stereocenters. The van der Waals surface area contributed by atoms with Crippen molar-refractivity contribution in [2.24, 2.45) is 22.7 Å². The predicted octanol–water partition coefficient (Wildman–Crippen LogP) is 2.70. The minimum Gasteiger partial charge on any atom is -0.387 e. The number of aliphatic hydroxyl groups excluding tert-OH is 2. The number of aliphatic hydroxyl groups is 2. The second-order valence-electron chi connectivity index (χ2n) is 8.23. The van der Waals surface area contributed by atoms with Gasteiger partial charge in [0.05, 0.1) is 5.60 Å². The fourth-order valence-corrected chi connectivity index (χ4v) is 5.94. The molecule has 1 aliphatic heterocycles.